The van der Waals surface area contributed by atoms with Gasteiger partial charge in [-0.25, -0.2) is 0 Å². The molecule has 1 aliphatic rings. The Hall–Kier alpha value is -3.85. The number of benzene rings is 2. The summed E-state index contributed by atoms with van der Waals surface area (Å²) in [6, 6.07) is 15.9. The van der Waals surface area contributed by atoms with E-state index >= 15 is 0 Å². The topological polar surface area (TPSA) is 88.0 Å². The first kappa shape index (κ1) is 32.1. The van der Waals surface area contributed by atoms with Gasteiger partial charge >= 0.3 is 0 Å². The first-order valence-electron chi connectivity index (χ1n) is 15.0. The summed E-state index contributed by atoms with van der Waals surface area (Å²) in [5.41, 5.74) is 2.30. The second-order valence-corrected chi connectivity index (χ2v) is 11.5. The van der Waals surface area contributed by atoms with Crippen LogP contribution in [0.2, 0.25) is 5.02 Å². The maximum absolute atomic E-state index is 13.8. The van der Waals surface area contributed by atoms with Gasteiger partial charge in [0.15, 0.2) is 0 Å². The van der Waals surface area contributed by atoms with Crippen molar-refractivity contribution in [3.8, 4) is 5.75 Å². The van der Waals surface area contributed by atoms with Crippen LogP contribution in [-0.2, 0) is 22.6 Å². The molecule has 9 nitrogen and oxygen atoms in total. The normalized spacial score (nSPS) is 17.8. The van der Waals surface area contributed by atoms with Gasteiger partial charge in [0.2, 0.25) is 11.8 Å². The molecule has 0 bridgehead atoms. The highest BCUT2D eigenvalue weighted by Gasteiger charge is 2.31. The van der Waals surface area contributed by atoms with Crippen LogP contribution in [0.3, 0.4) is 0 Å². The van der Waals surface area contributed by atoms with Crippen LogP contribution < -0.4 is 4.74 Å². The van der Waals surface area contributed by atoms with Crippen molar-refractivity contribution in [2.24, 2.45) is 0 Å². The Morgan fingerprint density at radius 1 is 0.977 bits per heavy atom. The highest BCUT2D eigenvalue weighted by Crippen LogP contribution is 2.26. The molecule has 4 rings (SSSR count). The van der Waals surface area contributed by atoms with Crippen LogP contribution in [0.15, 0.2) is 60.8 Å². The highest BCUT2D eigenvalue weighted by atomic mass is 35.5. The molecular formula is C33H42ClN5O4. The maximum Gasteiger partial charge on any atom is 0.258 e. The fourth-order valence-corrected chi connectivity index (χ4v) is 5.48. The number of hydrogen-bond acceptors (Lipinski definition) is 5. The van der Waals surface area contributed by atoms with E-state index in [1.807, 2.05) is 52.9 Å². The van der Waals surface area contributed by atoms with E-state index in [0.29, 0.717) is 68.4 Å². The smallest absolute Gasteiger partial charge is 0.258 e. The number of carbonyl (C=O) groups is 3. The number of amides is 3. The average molecular weight is 608 g/mol. The first-order valence-corrected chi connectivity index (χ1v) is 15.4. The quantitative estimate of drug-likeness (QED) is 0.413. The molecule has 0 N–H and O–H groups in total. The van der Waals surface area contributed by atoms with Gasteiger partial charge < -0.3 is 19.4 Å². The molecule has 230 valence electrons. The lowest BCUT2D eigenvalue weighted by Gasteiger charge is -2.31. The number of likely N-dealkylation sites (N-methyl/N-ethyl adjacent to an activating group) is 2. The molecule has 1 atom stereocenters. The summed E-state index contributed by atoms with van der Waals surface area (Å²) in [7, 11) is 3.44. The van der Waals surface area contributed by atoms with E-state index in [0.717, 1.165) is 30.5 Å². The van der Waals surface area contributed by atoms with Crippen molar-refractivity contribution in [1.29, 1.82) is 0 Å². The van der Waals surface area contributed by atoms with E-state index in [2.05, 4.69) is 5.10 Å². The molecule has 0 aliphatic carbocycles. The van der Waals surface area contributed by atoms with E-state index in [9.17, 15) is 14.4 Å². The minimum atomic E-state index is -0.716. The lowest BCUT2D eigenvalue weighted by molar-refractivity contribution is -0.135. The fraction of sp³-hybridized carbons (Fsp3) is 0.455. The van der Waals surface area contributed by atoms with Crippen LogP contribution in [0.5, 0.6) is 5.75 Å². The van der Waals surface area contributed by atoms with Crippen molar-refractivity contribution < 1.29 is 19.1 Å². The summed E-state index contributed by atoms with van der Waals surface area (Å²) in [5, 5.41) is 4.71. The Kier molecular flexibility index (Phi) is 11.6. The zero-order valence-corrected chi connectivity index (χ0v) is 26.1. The van der Waals surface area contributed by atoms with Crippen LogP contribution in [0, 0.1) is 6.92 Å². The third-order valence-electron chi connectivity index (χ3n) is 7.96. The Morgan fingerprint density at radius 3 is 2.42 bits per heavy atom. The van der Waals surface area contributed by atoms with E-state index in [1.54, 1.807) is 43.4 Å². The zero-order chi connectivity index (χ0) is 30.8. The van der Waals surface area contributed by atoms with Gasteiger partial charge in [0.25, 0.3) is 5.91 Å². The molecule has 10 heteroatoms. The zero-order valence-electron chi connectivity index (χ0n) is 25.4. The van der Waals surface area contributed by atoms with E-state index in [4.69, 9.17) is 16.3 Å². The van der Waals surface area contributed by atoms with Gasteiger partial charge in [0, 0.05) is 70.0 Å². The number of aromatic nitrogens is 2. The van der Waals surface area contributed by atoms with Crippen LogP contribution in [0.25, 0.3) is 0 Å². The maximum atomic E-state index is 13.8. The molecule has 2 heterocycles. The van der Waals surface area contributed by atoms with Crippen molar-refractivity contribution in [1.82, 2.24) is 24.5 Å². The van der Waals surface area contributed by atoms with Gasteiger partial charge in [-0.15, -0.1) is 0 Å². The Morgan fingerprint density at radius 2 is 1.70 bits per heavy atom. The van der Waals surface area contributed by atoms with Gasteiger partial charge in [-0.2, -0.15) is 5.10 Å². The average Bonchev–Trinajstić information content (AvgIpc) is 3.43. The number of nitrogens with zero attached hydrogens (tertiary/aromatic N) is 5. The van der Waals surface area contributed by atoms with E-state index in [-0.39, 0.29) is 17.7 Å². The van der Waals surface area contributed by atoms with Crippen LogP contribution in [0.4, 0.5) is 0 Å². The summed E-state index contributed by atoms with van der Waals surface area (Å²) in [6.07, 6.45) is 5.48. The molecule has 3 amide bonds. The third kappa shape index (κ3) is 8.83. The molecule has 0 fully saturated rings. The molecule has 0 saturated carbocycles. The predicted molar refractivity (Wildman–Crippen MR) is 167 cm³/mol. The SMILES string of the molecule is Cc1ccnn1CCC(=O)N1CCCCOc2ccc(Cl)cc2C(=O)N(C)[C@@H](Cc2ccccc2)C(=O)N(C)CCCC1. The predicted octanol–water partition coefficient (Wildman–Crippen LogP) is 4.86. The monoisotopic (exact) mass is 607 g/mol. The lowest BCUT2D eigenvalue weighted by Crippen LogP contribution is -2.49. The number of hydrogen-bond donors (Lipinski definition) is 0. The minimum Gasteiger partial charge on any atom is -0.493 e. The fourth-order valence-electron chi connectivity index (χ4n) is 5.31. The summed E-state index contributed by atoms with van der Waals surface area (Å²) < 4.78 is 7.92. The third-order valence-corrected chi connectivity index (χ3v) is 8.20. The standard InChI is InChI=1S/C33H42ClN5O4/c1-25-15-17-35-39(25)21-16-31(40)38-19-8-7-18-36(2)33(42)29(23-26-11-5-4-6-12-26)37(3)32(41)28-24-27(34)13-14-30(28)43-22-10-9-20-38/h4-6,11-15,17,24,29H,7-10,16,18-23H2,1-3H3/t29-/m0/s1. The van der Waals surface area contributed by atoms with Gasteiger partial charge in [-0.1, -0.05) is 41.9 Å². The molecule has 43 heavy (non-hydrogen) atoms. The van der Waals surface area contributed by atoms with Gasteiger partial charge in [0.1, 0.15) is 11.8 Å². The molecule has 0 saturated heterocycles. The molecule has 1 aliphatic heterocycles. The number of carbonyl (C=O) groups excluding carboxylic acids is 3. The van der Waals surface area contributed by atoms with Crippen LogP contribution >= 0.6 is 11.6 Å². The van der Waals surface area contributed by atoms with Crippen molar-refractivity contribution in [3.63, 3.8) is 0 Å². The largest absolute Gasteiger partial charge is 0.493 e. The number of aryl methyl sites for hydroxylation is 2. The number of rotatable bonds is 5. The number of halogens is 1. The Bertz CT molecular complexity index is 1380. The van der Waals surface area contributed by atoms with Crippen molar-refractivity contribution in [3.05, 3.63) is 82.6 Å². The Labute approximate surface area is 259 Å². The van der Waals surface area contributed by atoms with Gasteiger partial charge in [-0.05, 0) is 62.4 Å². The lowest BCUT2D eigenvalue weighted by atomic mass is 10.0. The molecule has 0 spiro atoms. The van der Waals surface area contributed by atoms with Crippen molar-refractivity contribution >= 4 is 29.3 Å². The molecule has 2 aromatic carbocycles. The molecular weight excluding hydrogens is 566 g/mol. The van der Waals surface area contributed by atoms with Gasteiger partial charge in [0.05, 0.1) is 12.2 Å². The molecule has 0 radical (unpaired) electrons. The van der Waals surface area contributed by atoms with Gasteiger partial charge in [-0.3, -0.25) is 19.1 Å². The Balaban J connectivity index is 1.54. The van der Waals surface area contributed by atoms with Crippen LogP contribution in [0.1, 0.15) is 53.7 Å². The number of fused-ring (bicyclic) bond motifs is 1. The summed E-state index contributed by atoms with van der Waals surface area (Å²) in [5.74, 6) is 0.0467. The second kappa shape index (κ2) is 15.6. The molecule has 0 unspecified atom stereocenters. The summed E-state index contributed by atoms with van der Waals surface area (Å²) in [6.45, 7) is 4.65. The van der Waals surface area contributed by atoms with Crippen molar-refractivity contribution in [2.45, 2.75) is 58.0 Å². The molecule has 1 aromatic heterocycles. The highest BCUT2D eigenvalue weighted by molar-refractivity contribution is 6.31. The second-order valence-electron chi connectivity index (χ2n) is 11.1. The molecule has 3 aromatic rings. The van der Waals surface area contributed by atoms with E-state index in [1.165, 1.54) is 4.90 Å². The number of ether oxygens (including phenoxy) is 1. The minimum absolute atomic E-state index is 0.0910. The summed E-state index contributed by atoms with van der Waals surface area (Å²) in [4.78, 5) is 46.0. The summed E-state index contributed by atoms with van der Waals surface area (Å²) >= 11 is 6.31. The van der Waals surface area contributed by atoms with Crippen LogP contribution in [-0.4, -0.2) is 88.6 Å². The first-order chi connectivity index (χ1) is 20.7. The van der Waals surface area contributed by atoms with Crippen molar-refractivity contribution in [2.75, 3.05) is 40.3 Å². The van der Waals surface area contributed by atoms with E-state index < -0.39 is 6.04 Å².